The molecule has 2 aromatic carbocycles. The van der Waals surface area contributed by atoms with Crippen LogP contribution in [0.25, 0.3) is 0 Å². The Morgan fingerprint density at radius 1 is 1.24 bits per heavy atom. The first kappa shape index (κ1) is 15.4. The predicted molar refractivity (Wildman–Crippen MR) is 79.6 cm³/mol. The molecule has 0 saturated heterocycles. The van der Waals surface area contributed by atoms with E-state index in [1.807, 2.05) is 0 Å². The minimum absolute atomic E-state index is 0.0964. The molecule has 0 radical (unpaired) electrons. The molecule has 0 aliphatic heterocycles. The van der Waals surface area contributed by atoms with Crippen LogP contribution in [-0.4, -0.2) is 15.5 Å². The number of hydrogen-bond donors (Lipinski definition) is 2. The molecule has 0 amide bonds. The third kappa shape index (κ3) is 3.37. The zero-order valence-corrected chi connectivity index (χ0v) is 12.5. The number of halogens is 2. The molecule has 0 aliphatic carbocycles. The number of nitrogen functional groups attached to an aromatic ring is 1. The molecule has 0 heterocycles. The summed E-state index contributed by atoms with van der Waals surface area (Å²) in [4.78, 5) is -0.190. The number of rotatable bonds is 4. The molecular formula is C13H12ClFN2O3S. The summed E-state index contributed by atoms with van der Waals surface area (Å²) in [7, 11) is -2.75. The van der Waals surface area contributed by atoms with E-state index in [0.29, 0.717) is 0 Å². The monoisotopic (exact) mass is 330 g/mol. The standard InChI is InChI=1S/C13H12ClFN2O3S/c1-20-12-5-3-9(16)7-13(12)21(18,19)17-11-6-8(14)2-4-10(11)15/h2-7,17H,16H2,1H3. The Morgan fingerprint density at radius 2 is 1.95 bits per heavy atom. The lowest BCUT2D eigenvalue weighted by Gasteiger charge is -2.12. The zero-order valence-electron chi connectivity index (χ0n) is 10.9. The van der Waals surface area contributed by atoms with Gasteiger partial charge >= 0.3 is 0 Å². The molecule has 0 fully saturated rings. The summed E-state index contributed by atoms with van der Waals surface area (Å²) in [5.74, 6) is -0.648. The van der Waals surface area contributed by atoms with Gasteiger partial charge in [0.15, 0.2) is 0 Å². The molecule has 2 rings (SSSR count). The number of methoxy groups -OCH3 is 1. The van der Waals surface area contributed by atoms with E-state index in [4.69, 9.17) is 22.1 Å². The van der Waals surface area contributed by atoms with Crippen LogP contribution in [0.1, 0.15) is 0 Å². The molecule has 0 spiro atoms. The second kappa shape index (κ2) is 5.79. The molecule has 0 atom stereocenters. The molecule has 21 heavy (non-hydrogen) atoms. The number of sulfonamides is 1. The van der Waals surface area contributed by atoms with Crippen molar-refractivity contribution in [1.82, 2.24) is 0 Å². The van der Waals surface area contributed by atoms with Crippen molar-refractivity contribution in [2.75, 3.05) is 17.6 Å². The third-order valence-electron chi connectivity index (χ3n) is 2.65. The van der Waals surface area contributed by atoms with Crippen molar-refractivity contribution < 1.29 is 17.5 Å². The van der Waals surface area contributed by atoms with E-state index in [1.165, 1.54) is 37.4 Å². The Morgan fingerprint density at radius 3 is 2.62 bits per heavy atom. The molecular weight excluding hydrogens is 319 g/mol. The van der Waals surface area contributed by atoms with E-state index < -0.39 is 15.8 Å². The molecule has 5 nitrogen and oxygen atoms in total. The van der Waals surface area contributed by atoms with Gasteiger partial charge in [-0.15, -0.1) is 0 Å². The molecule has 0 saturated carbocycles. The normalized spacial score (nSPS) is 11.2. The van der Waals surface area contributed by atoms with Crippen molar-refractivity contribution in [3.8, 4) is 5.75 Å². The maximum atomic E-state index is 13.6. The van der Waals surface area contributed by atoms with Gasteiger partial charge in [0.25, 0.3) is 10.0 Å². The second-order valence-electron chi connectivity index (χ2n) is 4.14. The number of ether oxygens (including phenoxy) is 1. The van der Waals surface area contributed by atoms with Crippen LogP contribution in [0.4, 0.5) is 15.8 Å². The molecule has 112 valence electrons. The third-order valence-corrected chi connectivity index (χ3v) is 4.27. The van der Waals surface area contributed by atoms with E-state index in [0.717, 1.165) is 6.07 Å². The summed E-state index contributed by atoms with van der Waals surface area (Å²) < 4.78 is 45.4. The van der Waals surface area contributed by atoms with Crippen LogP contribution < -0.4 is 15.2 Å². The van der Waals surface area contributed by atoms with Crippen LogP contribution in [0.3, 0.4) is 0 Å². The van der Waals surface area contributed by atoms with Crippen molar-refractivity contribution in [3.05, 3.63) is 47.2 Å². The first-order valence-corrected chi connectivity index (χ1v) is 7.61. The fourth-order valence-corrected chi connectivity index (χ4v) is 3.11. The van der Waals surface area contributed by atoms with E-state index in [-0.39, 0.29) is 27.0 Å². The minimum Gasteiger partial charge on any atom is -0.495 e. The average Bonchev–Trinajstić information content (AvgIpc) is 2.42. The quantitative estimate of drug-likeness (QED) is 0.845. The summed E-state index contributed by atoms with van der Waals surface area (Å²) in [5.41, 5.74) is 5.56. The Labute approximate surface area is 126 Å². The van der Waals surface area contributed by atoms with Crippen molar-refractivity contribution >= 4 is 33.0 Å². The van der Waals surface area contributed by atoms with Crippen LogP contribution >= 0.6 is 11.6 Å². The Bertz CT molecular complexity index is 781. The van der Waals surface area contributed by atoms with E-state index >= 15 is 0 Å². The Balaban J connectivity index is 2.48. The van der Waals surface area contributed by atoms with Gasteiger partial charge in [-0.05, 0) is 36.4 Å². The largest absolute Gasteiger partial charge is 0.495 e. The van der Waals surface area contributed by atoms with Gasteiger partial charge in [-0.2, -0.15) is 0 Å². The van der Waals surface area contributed by atoms with Gasteiger partial charge in [-0.3, -0.25) is 4.72 Å². The fourth-order valence-electron chi connectivity index (χ4n) is 1.68. The smallest absolute Gasteiger partial charge is 0.265 e. The Kier molecular flexibility index (Phi) is 4.24. The van der Waals surface area contributed by atoms with Crippen molar-refractivity contribution in [3.63, 3.8) is 0 Å². The van der Waals surface area contributed by atoms with E-state index in [9.17, 15) is 12.8 Å². The van der Waals surface area contributed by atoms with Crippen LogP contribution in [0.2, 0.25) is 5.02 Å². The topological polar surface area (TPSA) is 81.4 Å². The second-order valence-corrected chi connectivity index (χ2v) is 6.23. The molecule has 2 aromatic rings. The van der Waals surface area contributed by atoms with Crippen LogP contribution in [0.15, 0.2) is 41.3 Å². The van der Waals surface area contributed by atoms with Crippen molar-refractivity contribution in [2.45, 2.75) is 4.90 Å². The Hall–Kier alpha value is -1.99. The van der Waals surface area contributed by atoms with E-state index in [1.54, 1.807) is 0 Å². The summed E-state index contributed by atoms with van der Waals surface area (Å²) >= 11 is 5.73. The van der Waals surface area contributed by atoms with E-state index in [2.05, 4.69) is 4.72 Å². The number of hydrogen-bond acceptors (Lipinski definition) is 4. The first-order chi connectivity index (χ1) is 9.83. The van der Waals surface area contributed by atoms with Gasteiger partial charge in [0.1, 0.15) is 16.5 Å². The highest BCUT2D eigenvalue weighted by Gasteiger charge is 2.21. The van der Waals surface area contributed by atoms with Crippen LogP contribution in [-0.2, 0) is 10.0 Å². The zero-order chi connectivity index (χ0) is 15.6. The lowest BCUT2D eigenvalue weighted by Crippen LogP contribution is -2.15. The highest BCUT2D eigenvalue weighted by atomic mass is 35.5. The van der Waals surface area contributed by atoms with Gasteiger partial charge in [0.05, 0.1) is 12.8 Å². The van der Waals surface area contributed by atoms with Crippen molar-refractivity contribution in [2.24, 2.45) is 0 Å². The fraction of sp³-hybridized carbons (Fsp3) is 0.0769. The number of nitrogens with one attached hydrogen (secondary N) is 1. The highest BCUT2D eigenvalue weighted by molar-refractivity contribution is 7.92. The maximum Gasteiger partial charge on any atom is 0.265 e. The van der Waals surface area contributed by atoms with Gasteiger partial charge in [-0.1, -0.05) is 11.6 Å². The molecule has 0 unspecified atom stereocenters. The summed E-state index contributed by atoms with van der Waals surface area (Å²) in [5, 5.41) is 0.202. The molecule has 0 aliphatic rings. The SMILES string of the molecule is COc1ccc(N)cc1S(=O)(=O)Nc1cc(Cl)ccc1F. The maximum absolute atomic E-state index is 13.6. The van der Waals surface area contributed by atoms with Gasteiger partial charge in [0, 0.05) is 10.7 Å². The molecule has 0 aromatic heterocycles. The minimum atomic E-state index is -4.07. The number of anilines is 2. The summed E-state index contributed by atoms with van der Waals surface area (Å²) in [6.07, 6.45) is 0. The molecule has 8 heteroatoms. The van der Waals surface area contributed by atoms with Gasteiger partial charge in [0.2, 0.25) is 0 Å². The van der Waals surface area contributed by atoms with Crippen LogP contribution in [0, 0.1) is 5.82 Å². The van der Waals surface area contributed by atoms with Gasteiger partial charge < -0.3 is 10.5 Å². The number of benzene rings is 2. The first-order valence-electron chi connectivity index (χ1n) is 5.75. The predicted octanol–water partition coefficient (Wildman–Crippen LogP) is 2.87. The number of nitrogens with two attached hydrogens (primary N) is 1. The lowest BCUT2D eigenvalue weighted by molar-refractivity contribution is 0.403. The highest BCUT2D eigenvalue weighted by Crippen LogP contribution is 2.29. The lowest BCUT2D eigenvalue weighted by atomic mass is 10.3. The molecule has 3 N–H and O–H groups in total. The molecule has 0 bridgehead atoms. The van der Waals surface area contributed by atoms with Crippen LogP contribution in [0.5, 0.6) is 5.75 Å². The van der Waals surface area contributed by atoms with Crippen molar-refractivity contribution in [1.29, 1.82) is 0 Å². The summed E-state index contributed by atoms with van der Waals surface area (Å²) in [6.45, 7) is 0. The average molecular weight is 331 g/mol. The summed E-state index contributed by atoms with van der Waals surface area (Å²) in [6, 6.07) is 7.69. The van der Waals surface area contributed by atoms with Gasteiger partial charge in [-0.25, -0.2) is 12.8 Å².